The molecule has 7 N–H and O–H groups in total. The van der Waals surface area contributed by atoms with Gasteiger partial charge in [-0.2, -0.15) is 9.29 Å². The maximum atomic E-state index is 12.1. The van der Waals surface area contributed by atoms with Crippen LogP contribution < -0.4 is 11.3 Å². The molecule has 19 heteroatoms. The fourth-order valence-electron chi connectivity index (χ4n) is 3.10. The molecule has 0 spiro atoms. The van der Waals surface area contributed by atoms with Gasteiger partial charge in [-0.25, -0.2) is 14.1 Å². The summed E-state index contributed by atoms with van der Waals surface area (Å²) in [6, 6.07) is 0. The van der Waals surface area contributed by atoms with Gasteiger partial charge in [0, 0.05) is 6.42 Å². The van der Waals surface area contributed by atoms with E-state index in [0.29, 0.717) is 0 Å². The van der Waals surface area contributed by atoms with E-state index in [4.69, 9.17) is 10.5 Å². The molecule has 0 aliphatic carbocycles. The normalized spacial score (nSPS) is 25.8. The van der Waals surface area contributed by atoms with Crippen LogP contribution in [-0.4, -0.2) is 76.8 Å². The number of anilines is 1. The molecule has 1 aliphatic heterocycles. The van der Waals surface area contributed by atoms with E-state index < -0.39 is 59.0 Å². The molecule has 17 nitrogen and oxygen atoms in total. The van der Waals surface area contributed by atoms with Crippen LogP contribution in [0, 0.1) is 0 Å². The Morgan fingerprint density at radius 3 is 2.66 bits per heavy atom. The third-order valence-corrected chi connectivity index (χ3v) is 7.36. The van der Waals surface area contributed by atoms with Gasteiger partial charge in [0.15, 0.2) is 23.2 Å². The van der Waals surface area contributed by atoms with Gasteiger partial charge in [0.2, 0.25) is 5.95 Å². The van der Waals surface area contributed by atoms with Crippen LogP contribution >= 0.6 is 15.6 Å². The average molecular weight is 539 g/mol. The lowest BCUT2D eigenvalue weighted by atomic mass is 10.1. The number of carbonyl (C=O) groups excluding carboxylic acids is 1. The molecule has 3 heterocycles. The van der Waals surface area contributed by atoms with Crippen LogP contribution in [-0.2, 0) is 32.0 Å². The number of imidazole rings is 1. The second kappa shape index (κ2) is 10.8. The van der Waals surface area contributed by atoms with Crippen molar-refractivity contribution in [3.8, 4) is 0 Å². The predicted octanol–water partition coefficient (Wildman–Crippen LogP) is -0.893. The number of fused-ring (bicyclic) bond motifs is 1. The van der Waals surface area contributed by atoms with Crippen molar-refractivity contribution in [2.24, 2.45) is 0 Å². The second-order valence-corrected chi connectivity index (χ2v) is 10.3. The van der Waals surface area contributed by atoms with Gasteiger partial charge in [0.1, 0.15) is 18.3 Å². The molecule has 1 fully saturated rings. The van der Waals surface area contributed by atoms with E-state index in [1.165, 1.54) is 0 Å². The Labute approximate surface area is 196 Å². The topological polar surface area (TPSA) is 259 Å². The summed E-state index contributed by atoms with van der Waals surface area (Å²) in [5, 5.41) is 20.6. The van der Waals surface area contributed by atoms with Crippen LogP contribution in [0.2, 0.25) is 0 Å². The zero-order chi connectivity index (χ0) is 26.0. The molecule has 35 heavy (non-hydrogen) atoms. The number of ketones is 1. The fourth-order valence-corrected chi connectivity index (χ4v) is 5.21. The number of carbonyl (C=O) groups is 1. The highest BCUT2D eigenvalue weighted by atomic mass is 31.3. The molecule has 2 aromatic heterocycles. The summed E-state index contributed by atoms with van der Waals surface area (Å²) in [4.78, 5) is 52.4. The van der Waals surface area contributed by atoms with E-state index >= 15 is 0 Å². The standard InChI is InChI=1S/C16H23N5O12P2/c1-2-8(22)4-3-5-30-34(26,27)33-35(28,29)31-6-9-11(23)12(24)15(32-9)21-7-18-10-13(21)19-16(17)20-14(10)25/h2,7,9,11-12,15,23-24H,1,3-6H2,(H,26,27)(H,28,29)(H3,17,19,20,25)/t9-,11-,12-,15-/m1/s1. The number of nitrogens with two attached hydrogens (primary N) is 1. The lowest BCUT2D eigenvalue weighted by molar-refractivity contribution is -0.114. The Balaban J connectivity index is 1.60. The lowest BCUT2D eigenvalue weighted by Crippen LogP contribution is -2.33. The zero-order valence-corrected chi connectivity index (χ0v) is 19.7. The molecule has 0 radical (unpaired) electrons. The van der Waals surface area contributed by atoms with Crippen molar-refractivity contribution in [2.45, 2.75) is 37.4 Å². The summed E-state index contributed by atoms with van der Waals surface area (Å²) in [7, 11) is -10.3. The van der Waals surface area contributed by atoms with Crippen molar-refractivity contribution in [3.05, 3.63) is 29.3 Å². The number of nitrogens with zero attached hydrogens (tertiary/aromatic N) is 3. The summed E-state index contributed by atoms with van der Waals surface area (Å²) in [5.41, 5.74) is 4.68. The predicted molar refractivity (Wildman–Crippen MR) is 116 cm³/mol. The molecule has 1 saturated heterocycles. The highest BCUT2D eigenvalue weighted by Crippen LogP contribution is 2.60. The molecule has 194 valence electrons. The first-order valence-corrected chi connectivity index (χ1v) is 12.9. The van der Waals surface area contributed by atoms with E-state index in [1.54, 1.807) is 0 Å². The molecule has 2 unspecified atom stereocenters. The third-order valence-electron chi connectivity index (χ3n) is 4.72. The number of H-pyrrole nitrogens is 1. The monoisotopic (exact) mass is 539 g/mol. The van der Waals surface area contributed by atoms with Crippen molar-refractivity contribution in [1.29, 1.82) is 0 Å². The van der Waals surface area contributed by atoms with Crippen molar-refractivity contribution in [1.82, 2.24) is 19.5 Å². The van der Waals surface area contributed by atoms with Gasteiger partial charge in [-0.15, -0.1) is 0 Å². The summed E-state index contributed by atoms with van der Waals surface area (Å²) in [6.07, 6.45) is -3.87. The summed E-state index contributed by atoms with van der Waals surface area (Å²) in [6.45, 7) is 1.96. The second-order valence-electron chi connectivity index (χ2n) is 7.24. The molecule has 0 bridgehead atoms. The first kappa shape index (κ1) is 27.3. The summed E-state index contributed by atoms with van der Waals surface area (Å²) >= 11 is 0. The molecule has 2 aromatic rings. The first-order chi connectivity index (χ1) is 16.3. The first-order valence-electron chi connectivity index (χ1n) is 9.89. The van der Waals surface area contributed by atoms with E-state index in [9.17, 15) is 38.7 Å². The number of nitrogens with one attached hydrogen (secondary N) is 1. The summed E-state index contributed by atoms with van der Waals surface area (Å²) < 4.78 is 43.8. The van der Waals surface area contributed by atoms with E-state index in [-0.39, 0.29) is 35.7 Å². The number of hydrogen-bond donors (Lipinski definition) is 6. The van der Waals surface area contributed by atoms with Gasteiger partial charge in [-0.3, -0.25) is 28.2 Å². The SMILES string of the molecule is C=CC(=O)CCCOP(=O)(O)OP(=O)(O)OC[C@H]1O[C@@H](n2cnc3c(=O)[nH]c(N)nc32)[C@H](O)[C@@H]1O. The van der Waals surface area contributed by atoms with Crippen molar-refractivity contribution in [3.63, 3.8) is 0 Å². The fraction of sp³-hybridized carbons (Fsp3) is 0.500. The Hall–Kier alpha value is -2.30. The molecule has 3 rings (SSSR count). The Morgan fingerprint density at radius 1 is 1.29 bits per heavy atom. The molecule has 1 aliphatic rings. The number of ether oxygens (including phenoxy) is 1. The zero-order valence-electron chi connectivity index (χ0n) is 17.9. The van der Waals surface area contributed by atoms with Crippen molar-refractivity contribution in [2.75, 3.05) is 18.9 Å². The Morgan fingerprint density at radius 2 is 1.97 bits per heavy atom. The van der Waals surface area contributed by atoms with Crippen LogP contribution in [0.15, 0.2) is 23.8 Å². The maximum Gasteiger partial charge on any atom is 0.481 e. The molecule has 6 atom stereocenters. The highest BCUT2D eigenvalue weighted by Gasteiger charge is 2.46. The van der Waals surface area contributed by atoms with E-state index in [0.717, 1.165) is 17.0 Å². The Bertz CT molecular complexity index is 1250. The molecule has 0 amide bonds. The van der Waals surface area contributed by atoms with E-state index in [1.807, 2.05) is 0 Å². The van der Waals surface area contributed by atoms with Gasteiger partial charge in [-0.1, -0.05) is 6.58 Å². The minimum absolute atomic E-state index is 0.0199. The van der Waals surface area contributed by atoms with Gasteiger partial charge >= 0.3 is 15.6 Å². The number of nitrogen functional groups attached to an aromatic ring is 1. The minimum atomic E-state index is -5.21. The number of aliphatic hydroxyl groups is 2. The van der Waals surface area contributed by atoms with Gasteiger partial charge in [0.25, 0.3) is 5.56 Å². The largest absolute Gasteiger partial charge is 0.481 e. The number of allylic oxidation sites excluding steroid dienone is 1. The van der Waals surface area contributed by atoms with E-state index in [2.05, 4.69) is 34.9 Å². The lowest BCUT2D eigenvalue weighted by Gasteiger charge is -2.19. The maximum absolute atomic E-state index is 12.1. The van der Waals surface area contributed by atoms with Gasteiger partial charge in [0.05, 0.1) is 19.5 Å². The molecular weight excluding hydrogens is 516 g/mol. The smallest absolute Gasteiger partial charge is 0.387 e. The Kier molecular flexibility index (Phi) is 8.39. The van der Waals surface area contributed by atoms with Gasteiger partial charge in [-0.05, 0) is 12.5 Å². The summed E-state index contributed by atoms with van der Waals surface area (Å²) in [5.74, 6) is -0.567. The van der Waals surface area contributed by atoms with Crippen LogP contribution in [0.1, 0.15) is 19.1 Å². The average Bonchev–Trinajstić information content (AvgIpc) is 3.30. The van der Waals surface area contributed by atoms with Crippen LogP contribution in [0.4, 0.5) is 5.95 Å². The van der Waals surface area contributed by atoms with Crippen LogP contribution in [0.5, 0.6) is 0 Å². The molecular formula is C16H23N5O12P2. The highest BCUT2D eigenvalue weighted by molar-refractivity contribution is 7.61. The third kappa shape index (κ3) is 6.68. The number of aromatic amines is 1. The van der Waals surface area contributed by atoms with Gasteiger partial charge < -0.3 is 30.5 Å². The number of aliphatic hydroxyl groups excluding tert-OH is 2. The van der Waals surface area contributed by atoms with Crippen LogP contribution in [0.25, 0.3) is 11.2 Å². The number of aromatic nitrogens is 4. The molecule has 0 aromatic carbocycles. The number of phosphoric acid groups is 2. The van der Waals surface area contributed by atoms with Crippen LogP contribution in [0.3, 0.4) is 0 Å². The quantitative estimate of drug-likeness (QED) is 0.109. The number of rotatable bonds is 12. The number of hydrogen-bond acceptors (Lipinski definition) is 13. The van der Waals surface area contributed by atoms with Crippen molar-refractivity contribution >= 4 is 38.5 Å². The number of phosphoric ester groups is 2. The minimum Gasteiger partial charge on any atom is -0.387 e. The van der Waals surface area contributed by atoms with Crippen molar-refractivity contribution < 1.29 is 52.0 Å². The molecule has 0 saturated carbocycles.